The maximum Gasteiger partial charge on any atom is 0.106 e. The largest absolute Gasteiger partial charge is 0.106 e. The minimum atomic E-state index is 0.367. The van der Waals surface area contributed by atoms with Crippen LogP contribution < -0.4 is 0 Å². The summed E-state index contributed by atoms with van der Waals surface area (Å²) in [4.78, 5) is 0. The molecular formula is C14H31B. The lowest BCUT2D eigenvalue weighted by Gasteiger charge is -2.49. The third-order valence-corrected chi connectivity index (χ3v) is 5.19. The van der Waals surface area contributed by atoms with Crippen molar-refractivity contribution in [3.8, 4) is 0 Å². The molecule has 0 N–H and O–H groups in total. The van der Waals surface area contributed by atoms with Crippen molar-refractivity contribution in [2.45, 2.75) is 68.1 Å². The molecule has 0 bridgehead atoms. The van der Waals surface area contributed by atoms with E-state index in [-0.39, 0.29) is 0 Å². The second kappa shape index (κ2) is 4.15. The van der Waals surface area contributed by atoms with E-state index >= 15 is 0 Å². The van der Waals surface area contributed by atoms with Crippen molar-refractivity contribution in [2.24, 2.45) is 22.2 Å². The first-order chi connectivity index (χ1) is 6.32. The molecule has 0 aromatic heterocycles. The Labute approximate surface area is 98.6 Å². The van der Waals surface area contributed by atoms with E-state index in [1.54, 1.807) is 0 Å². The Hall–Kier alpha value is 0.0649. The fraction of sp³-hybridized carbons (Fsp3) is 1.00. The third kappa shape index (κ3) is 3.26. The van der Waals surface area contributed by atoms with Crippen LogP contribution >= 0.6 is 0 Å². The van der Waals surface area contributed by atoms with Gasteiger partial charge >= 0.3 is 0 Å². The minimum absolute atomic E-state index is 0.367. The van der Waals surface area contributed by atoms with Gasteiger partial charge < -0.3 is 0 Å². The maximum absolute atomic E-state index is 2.42. The maximum atomic E-state index is 2.42. The molecule has 90 valence electrons. The fourth-order valence-corrected chi connectivity index (χ4v) is 2.06. The molecule has 2 unspecified atom stereocenters. The van der Waals surface area contributed by atoms with Gasteiger partial charge in [0.1, 0.15) is 7.85 Å². The van der Waals surface area contributed by atoms with Crippen LogP contribution in [0.25, 0.3) is 0 Å². The van der Waals surface area contributed by atoms with Crippen molar-refractivity contribution < 1.29 is 0 Å². The summed E-state index contributed by atoms with van der Waals surface area (Å²) in [7, 11) is 2.42. The van der Waals surface area contributed by atoms with Gasteiger partial charge in [-0.1, -0.05) is 68.1 Å². The van der Waals surface area contributed by atoms with E-state index in [1.807, 2.05) is 0 Å². The topological polar surface area (TPSA) is 0 Å². The molecular weight excluding hydrogens is 179 g/mol. The highest BCUT2D eigenvalue weighted by molar-refractivity contribution is 6.12. The molecule has 0 aliphatic rings. The van der Waals surface area contributed by atoms with Crippen LogP contribution in [0.1, 0.15) is 62.3 Å². The van der Waals surface area contributed by atoms with Gasteiger partial charge in [-0.05, 0) is 22.2 Å². The summed E-state index contributed by atoms with van der Waals surface area (Å²) in [6.07, 6.45) is 0. The molecule has 0 radical (unpaired) electrons. The third-order valence-electron chi connectivity index (χ3n) is 5.19. The zero-order valence-electron chi connectivity index (χ0n) is 12.7. The molecule has 2 atom stereocenters. The SMILES string of the molecule is BC(C(C)C(C)(C)C)C(C)(C)C(C)(C)C. The highest BCUT2D eigenvalue weighted by Gasteiger charge is 2.42. The first-order valence-electron chi connectivity index (χ1n) is 6.32. The molecule has 0 aliphatic heterocycles. The van der Waals surface area contributed by atoms with Gasteiger partial charge in [-0.3, -0.25) is 0 Å². The van der Waals surface area contributed by atoms with E-state index in [2.05, 4.69) is 70.2 Å². The summed E-state index contributed by atoms with van der Waals surface area (Å²) in [5.74, 6) is 1.48. The highest BCUT2D eigenvalue weighted by atomic mass is 14.4. The first kappa shape index (κ1) is 15.1. The van der Waals surface area contributed by atoms with Gasteiger partial charge in [-0.15, -0.1) is 0 Å². The molecule has 0 aromatic carbocycles. The normalized spacial score (nSPS) is 18.7. The summed E-state index contributed by atoms with van der Waals surface area (Å²) in [5, 5.41) is 0. The van der Waals surface area contributed by atoms with Crippen molar-refractivity contribution in [1.82, 2.24) is 0 Å². The van der Waals surface area contributed by atoms with Crippen LogP contribution in [0.3, 0.4) is 0 Å². The summed E-state index contributed by atoms with van der Waals surface area (Å²) in [5.41, 5.74) is 1.15. The van der Waals surface area contributed by atoms with Crippen molar-refractivity contribution in [2.75, 3.05) is 0 Å². The monoisotopic (exact) mass is 210 g/mol. The van der Waals surface area contributed by atoms with E-state index in [0.717, 1.165) is 11.7 Å². The van der Waals surface area contributed by atoms with Crippen molar-refractivity contribution in [1.29, 1.82) is 0 Å². The van der Waals surface area contributed by atoms with E-state index in [1.165, 1.54) is 0 Å². The van der Waals surface area contributed by atoms with Crippen LogP contribution in [0.4, 0.5) is 0 Å². The molecule has 0 aromatic rings. The molecule has 0 spiro atoms. The second-order valence-corrected chi connectivity index (χ2v) is 7.92. The Kier molecular flexibility index (Phi) is 4.16. The predicted octanol–water partition coefficient (Wildman–Crippen LogP) is 4.16. The Bertz CT molecular complexity index is 202. The summed E-state index contributed by atoms with van der Waals surface area (Å²) in [6.45, 7) is 21.4. The quantitative estimate of drug-likeness (QED) is 0.600. The Balaban J connectivity index is 4.94. The van der Waals surface area contributed by atoms with Crippen LogP contribution in [0.5, 0.6) is 0 Å². The molecule has 0 heterocycles. The fourth-order valence-electron chi connectivity index (χ4n) is 2.06. The van der Waals surface area contributed by atoms with Gasteiger partial charge in [-0.25, -0.2) is 0 Å². The van der Waals surface area contributed by atoms with Gasteiger partial charge in [0.2, 0.25) is 0 Å². The summed E-state index contributed by atoms with van der Waals surface area (Å²) in [6, 6.07) is 0. The zero-order chi connectivity index (χ0) is 12.7. The van der Waals surface area contributed by atoms with Gasteiger partial charge in [0.05, 0.1) is 0 Å². The van der Waals surface area contributed by atoms with Crippen molar-refractivity contribution in [3.63, 3.8) is 0 Å². The second-order valence-electron chi connectivity index (χ2n) is 7.92. The van der Waals surface area contributed by atoms with E-state index < -0.39 is 0 Å². The van der Waals surface area contributed by atoms with Crippen molar-refractivity contribution in [3.05, 3.63) is 0 Å². The molecule has 15 heavy (non-hydrogen) atoms. The lowest BCUT2D eigenvalue weighted by molar-refractivity contribution is 0.0698. The smallest absolute Gasteiger partial charge is 0.0624 e. The van der Waals surface area contributed by atoms with Crippen LogP contribution in [0.2, 0.25) is 5.82 Å². The molecule has 0 saturated carbocycles. The summed E-state index contributed by atoms with van der Waals surface area (Å²) < 4.78 is 0. The molecule has 0 rings (SSSR count). The van der Waals surface area contributed by atoms with Crippen molar-refractivity contribution >= 4 is 7.85 Å². The number of hydrogen-bond donors (Lipinski definition) is 0. The molecule has 0 aliphatic carbocycles. The lowest BCUT2D eigenvalue weighted by atomic mass is 9.49. The van der Waals surface area contributed by atoms with Crippen LogP contribution in [-0.4, -0.2) is 7.85 Å². The highest BCUT2D eigenvalue weighted by Crippen LogP contribution is 2.52. The molecule has 1 heteroatoms. The molecule has 0 fully saturated rings. The van der Waals surface area contributed by atoms with Crippen LogP contribution in [0.15, 0.2) is 0 Å². The molecule has 0 nitrogen and oxygen atoms in total. The lowest BCUT2D eigenvalue weighted by Crippen LogP contribution is -2.40. The van der Waals surface area contributed by atoms with Crippen LogP contribution in [0, 0.1) is 22.2 Å². The van der Waals surface area contributed by atoms with Gasteiger partial charge in [0.25, 0.3) is 0 Å². The van der Waals surface area contributed by atoms with Gasteiger partial charge in [0.15, 0.2) is 0 Å². The Morgan fingerprint density at radius 1 is 0.800 bits per heavy atom. The average Bonchev–Trinajstić information content (AvgIpc) is 1.97. The van der Waals surface area contributed by atoms with E-state index in [9.17, 15) is 0 Å². The Morgan fingerprint density at radius 2 is 1.13 bits per heavy atom. The first-order valence-corrected chi connectivity index (χ1v) is 6.32. The van der Waals surface area contributed by atoms with Crippen LogP contribution in [-0.2, 0) is 0 Å². The Morgan fingerprint density at radius 3 is 1.33 bits per heavy atom. The minimum Gasteiger partial charge on any atom is -0.0624 e. The number of rotatable bonds is 2. The standard InChI is InChI=1S/C14H31B/c1-10(12(2,3)4)11(15)14(8,9)13(5,6)7/h10-11H,15H2,1-9H3. The average molecular weight is 210 g/mol. The van der Waals surface area contributed by atoms with Gasteiger partial charge in [-0.2, -0.15) is 0 Å². The number of hydrogen-bond acceptors (Lipinski definition) is 0. The predicted molar refractivity (Wildman–Crippen MR) is 74.1 cm³/mol. The molecule has 0 saturated heterocycles. The van der Waals surface area contributed by atoms with E-state index in [0.29, 0.717) is 16.2 Å². The van der Waals surface area contributed by atoms with E-state index in [4.69, 9.17) is 0 Å². The van der Waals surface area contributed by atoms with Gasteiger partial charge in [0, 0.05) is 0 Å². The summed E-state index contributed by atoms with van der Waals surface area (Å²) >= 11 is 0. The molecule has 0 amide bonds. The zero-order valence-corrected chi connectivity index (χ0v) is 12.7.